The molecule has 7 heteroatoms. The molecule has 3 aromatic carbocycles. The molecule has 2 aromatic heterocycles. The van der Waals surface area contributed by atoms with Gasteiger partial charge in [-0.3, -0.25) is 0 Å². The quantitative estimate of drug-likeness (QED) is 0.238. The molecule has 0 radical (unpaired) electrons. The minimum Gasteiger partial charge on any atom is -0.374 e. The molecule has 0 fully saturated rings. The average Bonchev–Trinajstić information content (AvgIpc) is 3.34. The van der Waals surface area contributed by atoms with Crippen LogP contribution < -0.4 is 0 Å². The van der Waals surface area contributed by atoms with Crippen LogP contribution in [0.4, 0.5) is 0 Å². The summed E-state index contributed by atoms with van der Waals surface area (Å²) in [5.74, 6) is 0. The predicted octanol–water partition coefficient (Wildman–Crippen LogP) is 7.92. The lowest BCUT2D eigenvalue weighted by atomic mass is 9.82. The maximum Gasteiger partial charge on any atom is 0.156 e. The number of imidazole rings is 1. The smallest absolute Gasteiger partial charge is 0.156 e. The van der Waals surface area contributed by atoms with Crippen LogP contribution in [0, 0.1) is 0 Å². The van der Waals surface area contributed by atoms with Gasteiger partial charge >= 0.3 is 0 Å². The Morgan fingerprint density at radius 3 is 2.31 bits per heavy atom. The molecule has 1 atom stereocenters. The molecule has 1 N–H and O–H groups in total. The molecule has 5 aromatic rings. The van der Waals surface area contributed by atoms with Crippen molar-refractivity contribution in [2.75, 3.05) is 0 Å². The summed E-state index contributed by atoms with van der Waals surface area (Å²) in [4.78, 5) is 8.88. The molecular formula is C28H22Cl3N3O. The molecule has 0 saturated carbocycles. The first-order valence-corrected chi connectivity index (χ1v) is 12.3. The number of hydrogen-bond acceptors (Lipinski definition) is 3. The molecular weight excluding hydrogens is 501 g/mol. The van der Waals surface area contributed by atoms with E-state index >= 15 is 0 Å². The fraction of sp³-hybridized carbons (Fsp3) is 0.143. The van der Waals surface area contributed by atoms with Crippen LogP contribution in [0.1, 0.15) is 36.7 Å². The molecule has 1 unspecified atom stereocenters. The van der Waals surface area contributed by atoms with Crippen LogP contribution in [0.3, 0.4) is 0 Å². The highest BCUT2D eigenvalue weighted by molar-refractivity contribution is 6.31. The van der Waals surface area contributed by atoms with Gasteiger partial charge < -0.3 is 9.67 Å². The van der Waals surface area contributed by atoms with Gasteiger partial charge in [-0.25, -0.2) is 9.97 Å². The number of benzene rings is 3. The van der Waals surface area contributed by atoms with Crippen molar-refractivity contribution in [2.45, 2.75) is 25.5 Å². The van der Waals surface area contributed by atoms with E-state index < -0.39 is 5.60 Å². The molecule has 0 aliphatic heterocycles. The van der Waals surface area contributed by atoms with Crippen LogP contribution >= 0.6 is 34.8 Å². The molecule has 176 valence electrons. The zero-order valence-electron chi connectivity index (χ0n) is 19.1. The second-order valence-electron chi connectivity index (χ2n) is 8.73. The van der Waals surface area contributed by atoms with Gasteiger partial charge in [0, 0.05) is 21.5 Å². The van der Waals surface area contributed by atoms with E-state index in [2.05, 4.69) is 23.8 Å². The van der Waals surface area contributed by atoms with E-state index in [-0.39, 0.29) is 6.04 Å². The predicted molar refractivity (Wildman–Crippen MR) is 143 cm³/mol. The van der Waals surface area contributed by atoms with E-state index in [1.807, 2.05) is 65.2 Å². The number of nitrogens with zero attached hydrogens (tertiary/aromatic N) is 3. The van der Waals surface area contributed by atoms with Gasteiger partial charge in [0.2, 0.25) is 0 Å². The lowest BCUT2D eigenvalue weighted by Crippen LogP contribution is -2.32. The molecule has 0 aliphatic carbocycles. The molecule has 0 bridgehead atoms. The monoisotopic (exact) mass is 521 g/mol. The first kappa shape index (κ1) is 23.8. The van der Waals surface area contributed by atoms with E-state index in [4.69, 9.17) is 34.8 Å². The molecule has 0 saturated heterocycles. The third kappa shape index (κ3) is 4.32. The van der Waals surface area contributed by atoms with Gasteiger partial charge in [0.15, 0.2) is 5.60 Å². The normalized spacial score (nSPS) is 13.3. The number of pyridine rings is 1. The Morgan fingerprint density at radius 1 is 0.857 bits per heavy atom. The van der Waals surface area contributed by atoms with E-state index in [0.29, 0.717) is 37.5 Å². The van der Waals surface area contributed by atoms with Crippen molar-refractivity contribution in [3.63, 3.8) is 0 Å². The van der Waals surface area contributed by atoms with Crippen LogP contribution in [0.25, 0.3) is 22.0 Å². The summed E-state index contributed by atoms with van der Waals surface area (Å²) in [6, 6.07) is 22.4. The molecule has 0 amide bonds. The Morgan fingerprint density at radius 2 is 1.60 bits per heavy atom. The fourth-order valence-corrected chi connectivity index (χ4v) is 4.98. The number of hydrogen-bond donors (Lipinski definition) is 1. The fourth-order valence-electron chi connectivity index (χ4n) is 4.46. The SMILES string of the molecule is CC(C)n1cncc1C(O)(c1ccc(Cl)cc1)c1ccc2nc(Cl)cc(-c3cccc(Cl)c3)c2c1. The lowest BCUT2D eigenvalue weighted by molar-refractivity contribution is 0.115. The molecule has 2 heterocycles. The van der Waals surface area contributed by atoms with Crippen molar-refractivity contribution in [3.8, 4) is 11.1 Å². The van der Waals surface area contributed by atoms with E-state index in [1.54, 1.807) is 24.7 Å². The van der Waals surface area contributed by atoms with Crippen LogP contribution in [-0.4, -0.2) is 19.6 Å². The van der Waals surface area contributed by atoms with E-state index in [9.17, 15) is 5.11 Å². The van der Waals surface area contributed by atoms with Gasteiger partial charge in [-0.2, -0.15) is 0 Å². The maximum absolute atomic E-state index is 12.5. The molecule has 4 nitrogen and oxygen atoms in total. The Balaban J connectivity index is 1.81. The number of aliphatic hydroxyl groups is 1. The van der Waals surface area contributed by atoms with Gasteiger partial charge in [-0.15, -0.1) is 0 Å². The molecule has 5 rings (SSSR count). The number of rotatable bonds is 5. The van der Waals surface area contributed by atoms with Crippen LogP contribution in [0.2, 0.25) is 15.2 Å². The zero-order chi connectivity index (χ0) is 24.7. The summed E-state index contributed by atoms with van der Waals surface area (Å²) in [6.07, 6.45) is 3.44. The van der Waals surface area contributed by atoms with Crippen molar-refractivity contribution < 1.29 is 5.11 Å². The first-order valence-electron chi connectivity index (χ1n) is 11.1. The summed E-state index contributed by atoms with van der Waals surface area (Å²) in [6.45, 7) is 4.11. The Labute approximate surface area is 218 Å². The topological polar surface area (TPSA) is 50.9 Å². The van der Waals surface area contributed by atoms with Gasteiger partial charge in [0.1, 0.15) is 5.15 Å². The van der Waals surface area contributed by atoms with Crippen molar-refractivity contribution in [2.24, 2.45) is 0 Å². The second-order valence-corrected chi connectivity index (χ2v) is 9.99. The summed E-state index contributed by atoms with van der Waals surface area (Å²) < 4.78 is 1.97. The minimum atomic E-state index is -1.50. The van der Waals surface area contributed by atoms with Gasteiger partial charge in [0.05, 0.1) is 23.7 Å². The Kier molecular flexibility index (Phi) is 6.32. The zero-order valence-corrected chi connectivity index (χ0v) is 21.4. The maximum atomic E-state index is 12.5. The van der Waals surface area contributed by atoms with Crippen molar-refractivity contribution in [3.05, 3.63) is 117 Å². The number of aromatic nitrogens is 3. The summed E-state index contributed by atoms with van der Waals surface area (Å²) >= 11 is 18.8. The first-order chi connectivity index (χ1) is 16.8. The van der Waals surface area contributed by atoms with Gasteiger partial charge in [-0.1, -0.05) is 65.1 Å². The van der Waals surface area contributed by atoms with Crippen LogP contribution in [-0.2, 0) is 5.60 Å². The van der Waals surface area contributed by atoms with Crippen molar-refractivity contribution in [1.82, 2.24) is 14.5 Å². The number of fused-ring (bicyclic) bond motifs is 1. The van der Waals surface area contributed by atoms with Crippen LogP contribution in [0.5, 0.6) is 0 Å². The highest BCUT2D eigenvalue weighted by Crippen LogP contribution is 2.41. The van der Waals surface area contributed by atoms with Gasteiger partial charge in [-0.05, 0) is 78.6 Å². The lowest BCUT2D eigenvalue weighted by Gasteiger charge is -2.31. The third-order valence-electron chi connectivity index (χ3n) is 6.19. The van der Waals surface area contributed by atoms with Gasteiger partial charge in [0.25, 0.3) is 0 Å². The average molecular weight is 523 g/mol. The Bertz CT molecular complexity index is 1530. The highest BCUT2D eigenvalue weighted by atomic mass is 35.5. The second kappa shape index (κ2) is 9.29. The van der Waals surface area contributed by atoms with E-state index in [0.717, 1.165) is 16.5 Å². The Hall–Kier alpha value is -2.89. The minimum absolute atomic E-state index is 0.0919. The summed E-state index contributed by atoms with van der Waals surface area (Å²) in [7, 11) is 0. The van der Waals surface area contributed by atoms with Crippen LogP contribution in [0.15, 0.2) is 85.3 Å². The highest BCUT2D eigenvalue weighted by Gasteiger charge is 2.37. The number of halogens is 3. The third-order valence-corrected chi connectivity index (χ3v) is 6.87. The van der Waals surface area contributed by atoms with Crippen molar-refractivity contribution >= 4 is 45.7 Å². The standard InChI is InChI=1S/C28H22Cl3N3O/c1-17(2)34-16-32-15-26(34)28(35,19-6-9-21(29)10-7-19)20-8-11-25-24(13-20)23(14-27(31)33-25)18-4-3-5-22(30)12-18/h3-17,35H,1-2H3. The van der Waals surface area contributed by atoms with E-state index in [1.165, 1.54) is 0 Å². The molecule has 0 spiro atoms. The largest absolute Gasteiger partial charge is 0.374 e. The van der Waals surface area contributed by atoms with Crippen molar-refractivity contribution in [1.29, 1.82) is 0 Å². The summed E-state index contributed by atoms with van der Waals surface area (Å²) in [5.41, 5.74) is 3.00. The summed E-state index contributed by atoms with van der Waals surface area (Å²) in [5, 5.41) is 14.9. The molecule has 35 heavy (non-hydrogen) atoms. The molecule has 0 aliphatic rings.